The van der Waals surface area contributed by atoms with Crippen LogP contribution >= 0.6 is 0 Å². The van der Waals surface area contributed by atoms with Crippen molar-refractivity contribution in [1.29, 1.82) is 0 Å². The van der Waals surface area contributed by atoms with E-state index in [1.807, 2.05) is 30.0 Å². The molecule has 0 saturated carbocycles. The third-order valence-electron chi connectivity index (χ3n) is 5.24. The molecule has 8 heteroatoms. The lowest BCUT2D eigenvalue weighted by atomic mass is 10.2. The Bertz CT molecular complexity index is 1040. The fraction of sp³-hybridized carbons (Fsp3) is 0.364. The zero-order valence-corrected chi connectivity index (χ0v) is 17.5. The van der Waals surface area contributed by atoms with Gasteiger partial charge in [0.2, 0.25) is 5.89 Å². The summed E-state index contributed by atoms with van der Waals surface area (Å²) in [5.41, 5.74) is 3.52. The van der Waals surface area contributed by atoms with Crippen molar-refractivity contribution in [2.45, 2.75) is 13.5 Å². The standard InChI is InChI=1S/C22H26N4O4/c1-15-4-6-17-19(12-15)30-21(24-17)14-25-8-10-26(11-9-25)22(27)23-16-5-7-18(28-2)20(13-16)29-3/h4-7,12-13H,8-11,14H2,1-3H3,(H,23,27). The first-order valence-electron chi connectivity index (χ1n) is 9.92. The van der Waals surface area contributed by atoms with Gasteiger partial charge in [0.15, 0.2) is 17.1 Å². The second kappa shape index (κ2) is 8.62. The molecule has 1 aliphatic rings. The molecule has 4 rings (SSSR count). The molecule has 1 aromatic heterocycles. The summed E-state index contributed by atoms with van der Waals surface area (Å²) in [6.45, 7) is 5.47. The summed E-state index contributed by atoms with van der Waals surface area (Å²) in [7, 11) is 3.15. The van der Waals surface area contributed by atoms with Crippen LogP contribution in [-0.4, -0.2) is 61.2 Å². The molecule has 1 fully saturated rings. The van der Waals surface area contributed by atoms with Crippen LogP contribution in [0.3, 0.4) is 0 Å². The maximum absolute atomic E-state index is 12.6. The summed E-state index contributed by atoms with van der Waals surface area (Å²) in [4.78, 5) is 21.3. The summed E-state index contributed by atoms with van der Waals surface area (Å²) >= 11 is 0. The Morgan fingerprint density at radius 2 is 1.83 bits per heavy atom. The number of rotatable bonds is 5. The molecule has 0 aliphatic carbocycles. The Hall–Kier alpha value is -3.26. The molecule has 8 nitrogen and oxygen atoms in total. The number of benzene rings is 2. The Kier molecular flexibility index (Phi) is 5.76. The zero-order chi connectivity index (χ0) is 21.1. The molecule has 1 aliphatic heterocycles. The lowest BCUT2D eigenvalue weighted by molar-refractivity contribution is 0.136. The first kappa shape index (κ1) is 20.0. The van der Waals surface area contributed by atoms with Gasteiger partial charge in [-0.15, -0.1) is 0 Å². The average molecular weight is 410 g/mol. The lowest BCUT2D eigenvalue weighted by Gasteiger charge is -2.34. The van der Waals surface area contributed by atoms with Crippen molar-refractivity contribution in [1.82, 2.24) is 14.8 Å². The van der Waals surface area contributed by atoms with Gasteiger partial charge in [-0.25, -0.2) is 9.78 Å². The van der Waals surface area contributed by atoms with Crippen LogP contribution in [0.15, 0.2) is 40.8 Å². The molecule has 0 atom stereocenters. The van der Waals surface area contributed by atoms with E-state index in [2.05, 4.69) is 15.2 Å². The van der Waals surface area contributed by atoms with E-state index < -0.39 is 0 Å². The normalized spacial score (nSPS) is 14.7. The highest BCUT2D eigenvalue weighted by Crippen LogP contribution is 2.30. The van der Waals surface area contributed by atoms with Gasteiger partial charge in [-0.1, -0.05) is 6.07 Å². The number of carbonyl (C=O) groups is 1. The number of hydrogen-bond donors (Lipinski definition) is 1. The van der Waals surface area contributed by atoms with Crippen LogP contribution in [0.2, 0.25) is 0 Å². The number of aryl methyl sites for hydroxylation is 1. The van der Waals surface area contributed by atoms with Crippen molar-refractivity contribution in [2.24, 2.45) is 0 Å². The quantitative estimate of drug-likeness (QED) is 0.693. The molecule has 2 aromatic carbocycles. The molecule has 30 heavy (non-hydrogen) atoms. The van der Waals surface area contributed by atoms with Gasteiger partial charge in [-0.2, -0.15) is 0 Å². The number of anilines is 1. The topological polar surface area (TPSA) is 80.1 Å². The molecule has 1 saturated heterocycles. The number of piperazine rings is 1. The zero-order valence-electron chi connectivity index (χ0n) is 17.5. The highest BCUT2D eigenvalue weighted by molar-refractivity contribution is 5.89. The number of amides is 2. The van der Waals surface area contributed by atoms with E-state index in [-0.39, 0.29) is 6.03 Å². The number of oxazole rings is 1. The van der Waals surface area contributed by atoms with Crippen LogP contribution in [0.25, 0.3) is 11.1 Å². The predicted molar refractivity (Wildman–Crippen MR) is 114 cm³/mol. The maximum Gasteiger partial charge on any atom is 0.321 e. The monoisotopic (exact) mass is 410 g/mol. The fourth-order valence-corrected chi connectivity index (χ4v) is 3.56. The lowest BCUT2D eigenvalue weighted by Crippen LogP contribution is -2.49. The van der Waals surface area contributed by atoms with Gasteiger partial charge >= 0.3 is 6.03 Å². The Morgan fingerprint density at radius 1 is 1.07 bits per heavy atom. The summed E-state index contributed by atoms with van der Waals surface area (Å²) in [5.74, 6) is 1.91. The van der Waals surface area contributed by atoms with Crippen molar-refractivity contribution in [3.63, 3.8) is 0 Å². The molecule has 1 N–H and O–H groups in total. The van der Waals surface area contributed by atoms with Crippen molar-refractivity contribution >= 4 is 22.8 Å². The van der Waals surface area contributed by atoms with Crippen LogP contribution in [0.5, 0.6) is 11.5 Å². The number of nitrogens with zero attached hydrogens (tertiary/aromatic N) is 3. The molecule has 3 aromatic rings. The van der Waals surface area contributed by atoms with Crippen molar-refractivity contribution in [3.8, 4) is 11.5 Å². The summed E-state index contributed by atoms with van der Waals surface area (Å²) < 4.78 is 16.4. The van der Waals surface area contributed by atoms with Gasteiger partial charge in [0.1, 0.15) is 5.52 Å². The van der Waals surface area contributed by atoms with Crippen LogP contribution in [0.1, 0.15) is 11.5 Å². The number of methoxy groups -OCH3 is 2. The smallest absolute Gasteiger partial charge is 0.321 e. The van der Waals surface area contributed by atoms with Crippen LogP contribution < -0.4 is 14.8 Å². The van der Waals surface area contributed by atoms with Crippen molar-refractivity contribution < 1.29 is 18.7 Å². The first-order valence-corrected chi connectivity index (χ1v) is 9.92. The van der Waals surface area contributed by atoms with E-state index in [4.69, 9.17) is 13.9 Å². The van der Waals surface area contributed by atoms with Gasteiger partial charge in [-0.05, 0) is 36.8 Å². The molecule has 0 bridgehead atoms. The molecule has 0 radical (unpaired) electrons. The minimum absolute atomic E-state index is 0.126. The van der Waals surface area contributed by atoms with Crippen molar-refractivity contribution in [3.05, 3.63) is 47.9 Å². The first-order chi connectivity index (χ1) is 14.6. The average Bonchev–Trinajstić information content (AvgIpc) is 3.15. The number of hydrogen-bond acceptors (Lipinski definition) is 6. The van der Waals surface area contributed by atoms with E-state index in [0.29, 0.717) is 42.7 Å². The minimum atomic E-state index is -0.126. The van der Waals surface area contributed by atoms with E-state index in [1.54, 1.807) is 32.4 Å². The van der Waals surface area contributed by atoms with Gasteiger partial charge in [-0.3, -0.25) is 4.90 Å². The SMILES string of the molecule is COc1ccc(NC(=O)N2CCN(Cc3nc4ccc(C)cc4o3)CC2)cc1OC. The molecule has 158 valence electrons. The Morgan fingerprint density at radius 3 is 2.57 bits per heavy atom. The molecular weight excluding hydrogens is 384 g/mol. The number of urea groups is 1. The second-order valence-electron chi connectivity index (χ2n) is 7.34. The van der Waals surface area contributed by atoms with Crippen LogP contribution in [0, 0.1) is 6.92 Å². The summed E-state index contributed by atoms with van der Waals surface area (Å²) in [6, 6.07) is 11.2. The largest absolute Gasteiger partial charge is 0.493 e. The molecule has 0 spiro atoms. The minimum Gasteiger partial charge on any atom is -0.493 e. The molecule has 2 amide bonds. The Labute approximate surface area is 175 Å². The van der Waals surface area contributed by atoms with Gasteiger partial charge in [0.25, 0.3) is 0 Å². The third kappa shape index (κ3) is 4.33. The van der Waals surface area contributed by atoms with Crippen LogP contribution in [-0.2, 0) is 6.54 Å². The number of fused-ring (bicyclic) bond motifs is 1. The van der Waals surface area contributed by atoms with E-state index >= 15 is 0 Å². The fourth-order valence-electron chi connectivity index (χ4n) is 3.56. The molecule has 0 unspecified atom stereocenters. The summed E-state index contributed by atoms with van der Waals surface area (Å²) in [5, 5.41) is 2.93. The Balaban J connectivity index is 1.32. The van der Waals surface area contributed by atoms with E-state index in [1.165, 1.54) is 0 Å². The van der Waals surface area contributed by atoms with Gasteiger partial charge in [0.05, 0.1) is 20.8 Å². The number of nitrogens with one attached hydrogen (secondary N) is 1. The molecular formula is C22H26N4O4. The van der Waals surface area contributed by atoms with E-state index in [0.717, 1.165) is 29.8 Å². The number of aromatic nitrogens is 1. The van der Waals surface area contributed by atoms with Gasteiger partial charge in [0, 0.05) is 37.9 Å². The highest BCUT2D eigenvalue weighted by Gasteiger charge is 2.22. The van der Waals surface area contributed by atoms with E-state index in [9.17, 15) is 4.79 Å². The molecule has 2 heterocycles. The maximum atomic E-state index is 12.6. The second-order valence-corrected chi connectivity index (χ2v) is 7.34. The third-order valence-corrected chi connectivity index (χ3v) is 5.24. The number of ether oxygens (including phenoxy) is 2. The number of carbonyl (C=O) groups excluding carboxylic acids is 1. The summed E-state index contributed by atoms with van der Waals surface area (Å²) in [6.07, 6.45) is 0. The predicted octanol–water partition coefficient (Wildman–Crippen LogP) is 3.50. The van der Waals surface area contributed by atoms with Gasteiger partial charge < -0.3 is 24.1 Å². The van der Waals surface area contributed by atoms with Crippen molar-refractivity contribution in [2.75, 3.05) is 45.7 Å². The van der Waals surface area contributed by atoms with Crippen LogP contribution in [0.4, 0.5) is 10.5 Å². The highest BCUT2D eigenvalue weighted by atomic mass is 16.5.